The molecule has 0 radical (unpaired) electrons. The van der Waals surface area contributed by atoms with Gasteiger partial charge < -0.3 is 14.2 Å². The Morgan fingerprint density at radius 1 is 1.05 bits per heavy atom. The first-order valence-corrected chi connectivity index (χ1v) is 18.2. The third kappa shape index (κ3) is 6.87. The number of fused-ring (bicyclic) bond motifs is 1. The summed E-state index contributed by atoms with van der Waals surface area (Å²) in [4.78, 5) is 29.3. The number of carbonyl (C=O) groups excluding carboxylic acids is 2. The molecule has 6 atom stereocenters. The zero-order valence-electron chi connectivity index (χ0n) is 25.9. The SMILES string of the molecule is COc1ccc(COCCCC[C@@H]2C=C[C@@H]3CC4(CC[C@H]3[C@@H]2C(=O)N2C(=O)O[C@@H](c3ccccc3)[C@H]2C)SCCCS4)cc1. The van der Waals surface area contributed by atoms with E-state index in [1.165, 1.54) is 22.8 Å². The van der Waals surface area contributed by atoms with Gasteiger partial charge in [-0.1, -0.05) is 61.0 Å². The van der Waals surface area contributed by atoms with Crippen LogP contribution in [0.25, 0.3) is 0 Å². The molecule has 2 amide bonds. The second kappa shape index (κ2) is 14.3. The molecule has 0 bridgehead atoms. The number of thioether (sulfide) groups is 2. The maximum atomic E-state index is 14.5. The number of amides is 2. The van der Waals surface area contributed by atoms with Crippen LogP contribution in [0.5, 0.6) is 5.75 Å². The van der Waals surface area contributed by atoms with E-state index in [4.69, 9.17) is 14.2 Å². The first-order valence-electron chi connectivity index (χ1n) is 16.2. The number of allylic oxidation sites excluding steroid dienone is 2. The molecule has 1 saturated carbocycles. The normalized spacial score (nSPS) is 29.3. The molecular formula is C36H45NO5S2. The number of unbranched alkanes of at least 4 members (excludes halogenated alkanes) is 1. The van der Waals surface area contributed by atoms with Crippen molar-refractivity contribution >= 4 is 35.5 Å². The molecule has 2 aromatic rings. The zero-order valence-corrected chi connectivity index (χ0v) is 27.5. The summed E-state index contributed by atoms with van der Waals surface area (Å²) in [6.45, 7) is 3.21. The van der Waals surface area contributed by atoms with Gasteiger partial charge in [0.2, 0.25) is 5.91 Å². The van der Waals surface area contributed by atoms with E-state index in [0.717, 1.165) is 55.4 Å². The Bertz CT molecular complexity index is 1300. The van der Waals surface area contributed by atoms with Gasteiger partial charge in [-0.3, -0.25) is 4.79 Å². The van der Waals surface area contributed by atoms with Crippen LogP contribution in [0, 0.1) is 23.7 Å². The van der Waals surface area contributed by atoms with Crippen LogP contribution in [-0.4, -0.2) is 52.2 Å². The number of benzene rings is 2. The summed E-state index contributed by atoms with van der Waals surface area (Å²) in [5.74, 6) is 3.81. The molecule has 6 nitrogen and oxygen atoms in total. The van der Waals surface area contributed by atoms with Crippen LogP contribution >= 0.6 is 23.5 Å². The predicted octanol–water partition coefficient (Wildman–Crippen LogP) is 8.28. The number of ether oxygens (including phenoxy) is 3. The fourth-order valence-corrected chi connectivity index (χ4v) is 11.1. The average Bonchev–Trinajstić information content (AvgIpc) is 3.36. The van der Waals surface area contributed by atoms with Gasteiger partial charge in [-0.25, -0.2) is 9.69 Å². The number of hydrogen-bond acceptors (Lipinski definition) is 7. The fraction of sp³-hybridized carbons (Fsp3) is 0.556. The molecule has 2 aliphatic carbocycles. The molecule has 2 aliphatic heterocycles. The molecule has 236 valence electrons. The van der Waals surface area contributed by atoms with Crippen molar-refractivity contribution < 1.29 is 23.8 Å². The summed E-state index contributed by atoms with van der Waals surface area (Å²) in [6.07, 6.45) is 11.2. The number of carbonyl (C=O) groups is 2. The average molecular weight is 636 g/mol. The predicted molar refractivity (Wildman–Crippen MR) is 178 cm³/mol. The van der Waals surface area contributed by atoms with Gasteiger partial charge in [0.1, 0.15) is 11.9 Å². The van der Waals surface area contributed by atoms with E-state index < -0.39 is 12.2 Å². The number of cyclic esters (lactones) is 1. The molecule has 6 rings (SSSR count). The number of rotatable bonds is 10. The molecule has 2 saturated heterocycles. The topological polar surface area (TPSA) is 65.1 Å². The van der Waals surface area contributed by atoms with Gasteiger partial charge in [-0.15, -0.1) is 23.5 Å². The zero-order chi connectivity index (χ0) is 30.5. The van der Waals surface area contributed by atoms with Crippen molar-refractivity contribution in [2.45, 2.75) is 74.7 Å². The van der Waals surface area contributed by atoms with Crippen molar-refractivity contribution in [2.24, 2.45) is 23.7 Å². The van der Waals surface area contributed by atoms with Gasteiger partial charge >= 0.3 is 6.09 Å². The lowest BCUT2D eigenvalue weighted by atomic mass is 9.63. The highest BCUT2D eigenvalue weighted by molar-refractivity contribution is 8.18. The van der Waals surface area contributed by atoms with Gasteiger partial charge in [0.05, 0.1) is 23.8 Å². The Hall–Kier alpha value is -2.42. The van der Waals surface area contributed by atoms with Crippen LogP contribution in [-0.2, 0) is 20.9 Å². The molecule has 3 fully saturated rings. The molecule has 1 spiro atoms. The van der Waals surface area contributed by atoms with E-state index in [1.54, 1.807) is 7.11 Å². The van der Waals surface area contributed by atoms with Gasteiger partial charge in [0.15, 0.2) is 0 Å². The van der Waals surface area contributed by atoms with Crippen molar-refractivity contribution in [3.8, 4) is 5.75 Å². The van der Waals surface area contributed by atoms with Gasteiger partial charge in [-0.05, 0) is 98.0 Å². The summed E-state index contributed by atoms with van der Waals surface area (Å²) >= 11 is 4.28. The Labute approximate surface area is 270 Å². The molecule has 0 aromatic heterocycles. The second-order valence-corrected chi connectivity index (χ2v) is 15.9. The van der Waals surface area contributed by atoms with E-state index >= 15 is 0 Å². The smallest absolute Gasteiger partial charge is 0.417 e. The molecule has 2 aromatic carbocycles. The highest BCUT2D eigenvalue weighted by Gasteiger charge is 2.53. The van der Waals surface area contributed by atoms with Gasteiger partial charge in [-0.2, -0.15) is 0 Å². The van der Waals surface area contributed by atoms with Gasteiger partial charge in [0.25, 0.3) is 0 Å². The lowest BCUT2D eigenvalue weighted by molar-refractivity contribution is -0.138. The first kappa shape index (κ1) is 31.6. The molecular weight excluding hydrogens is 591 g/mol. The van der Waals surface area contributed by atoms with Crippen molar-refractivity contribution in [1.82, 2.24) is 4.90 Å². The van der Waals surface area contributed by atoms with Gasteiger partial charge in [0, 0.05) is 12.5 Å². The Morgan fingerprint density at radius 3 is 2.57 bits per heavy atom. The van der Waals surface area contributed by atoms with E-state index in [1.807, 2.05) is 61.5 Å². The summed E-state index contributed by atoms with van der Waals surface area (Å²) in [6, 6.07) is 17.4. The van der Waals surface area contributed by atoms with E-state index in [2.05, 4.69) is 35.7 Å². The molecule has 2 heterocycles. The largest absolute Gasteiger partial charge is 0.497 e. The minimum Gasteiger partial charge on any atom is -0.497 e. The molecule has 4 aliphatic rings. The van der Waals surface area contributed by atoms with Crippen LogP contribution < -0.4 is 4.74 Å². The Morgan fingerprint density at radius 2 is 1.82 bits per heavy atom. The summed E-state index contributed by atoms with van der Waals surface area (Å²) in [5, 5.41) is 0. The second-order valence-electron chi connectivity index (χ2n) is 12.7. The minimum atomic E-state index is -0.501. The maximum absolute atomic E-state index is 14.5. The standard InChI is InChI=1S/C36H45NO5S2/c1-25-33(28-10-4-3-5-11-28)42-35(39)37(25)34(38)32-27(9-6-7-20-41-24-26-12-16-30(40-2)17-13-26)14-15-29-23-36(19-18-31(29)32)43-21-8-22-44-36/h3-5,10-17,25,27,29,31-33H,6-9,18-24H2,1-2H3/t25-,27-,29-,31-,32-,33-/m1/s1. The molecule has 0 unspecified atom stereocenters. The van der Waals surface area contributed by atoms with Crippen molar-refractivity contribution in [3.63, 3.8) is 0 Å². The van der Waals surface area contributed by atoms with Crippen molar-refractivity contribution in [3.05, 3.63) is 77.9 Å². The molecule has 44 heavy (non-hydrogen) atoms. The quantitative estimate of drug-likeness (QED) is 0.192. The number of imide groups is 1. The summed E-state index contributed by atoms with van der Waals surface area (Å²) in [7, 11) is 1.67. The third-order valence-electron chi connectivity index (χ3n) is 9.93. The highest BCUT2D eigenvalue weighted by atomic mass is 32.2. The van der Waals surface area contributed by atoms with Crippen LogP contribution in [0.3, 0.4) is 0 Å². The first-order chi connectivity index (χ1) is 21.5. The Balaban J connectivity index is 1.13. The van der Waals surface area contributed by atoms with E-state index in [0.29, 0.717) is 19.1 Å². The number of methoxy groups -OCH3 is 1. The lowest BCUT2D eigenvalue weighted by Crippen LogP contribution is -2.50. The third-order valence-corrected chi connectivity index (χ3v) is 13.4. The minimum absolute atomic E-state index is 0.0408. The van der Waals surface area contributed by atoms with Crippen LogP contribution in [0.15, 0.2) is 66.7 Å². The molecule has 0 N–H and O–H groups in total. The lowest BCUT2D eigenvalue weighted by Gasteiger charge is -2.50. The van der Waals surface area contributed by atoms with Crippen molar-refractivity contribution in [2.75, 3.05) is 25.2 Å². The molecule has 8 heteroatoms. The number of nitrogens with zero attached hydrogens (tertiary/aromatic N) is 1. The van der Waals surface area contributed by atoms with E-state index in [-0.39, 0.29) is 33.8 Å². The monoisotopic (exact) mass is 635 g/mol. The summed E-state index contributed by atoms with van der Waals surface area (Å²) < 4.78 is 17.3. The Kier molecular flexibility index (Phi) is 10.3. The maximum Gasteiger partial charge on any atom is 0.417 e. The van der Waals surface area contributed by atoms with E-state index in [9.17, 15) is 9.59 Å². The summed E-state index contributed by atoms with van der Waals surface area (Å²) in [5.41, 5.74) is 2.06. The van der Waals surface area contributed by atoms with Crippen LogP contribution in [0.1, 0.15) is 69.1 Å². The van der Waals surface area contributed by atoms with Crippen LogP contribution in [0.4, 0.5) is 4.79 Å². The number of hydrogen-bond donors (Lipinski definition) is 0. The van der Waals surface area contributed by atoms with Crippen molar-refractivity contribution in [1.29, 1.82) is 0 Å². The fourth-order valence-electron chi connectivity index (χ4n) is 7.62. The van der Waals surface area contributed by atoms with Crippen LogP contribution in [0.2, 0.25) is 0 Å². The highest BCUT2D eigenvalue weighted by Crippen LogP contribution is 2.58.